The fraction of sp³-hybridized carbons (Fsp3) is 0.0435. The van der Waals surface area contributed by atoms with Crippen molar-refractivity contribution in [1.82, 2.24) is 0 Å². The van der Waals surface area contributed by atoms with E-state index in [1.807, 2.05) is 0 Å². The van der Waals surface area contributed by atoms with Crippen LogP contribution in [0.25, 0.3) is 21.9 Å². The Hall–Kier alpha value is -3.06. The van der Waals surface area contributed by atoms with E-state index in [2.05, 4.69) is 102 Å². The fourth-order valence-corrected chi connectivity index (χ4v) is 3.13. The second-order valence-electron chi connectivity index (χ2n) is 5.91. The lowest BCUT2D eigenvalue weighted by Gasteiger charge is -2.15. The molecule has 4 aromatic carbocycles. The third kappa shape index (κ3) is 2.89. The van der Waals surface area contributed by atoms with Gasteiger partial charge in [-0.2, -0.15) is 0 Å². The first kappa shape index (κ1) is 14.5. The van der Waals surface area contributed by atoms with Crippen molar-refractivity contribution in [3.63, 3.8) is 0 Å². The molecule has 0 aliphatic heterocycles. The summed E-state index contributed by atoms with van der Waals surface area (Å²) in [6.45, 7) is 0.818. The van der Waals surface area contributed by atoms with E-state index in [1.54, 1.807) is 0 Å². The quantitative estimate of drug-likeness (QED) is 0.479. The minimum Gasteiger partial charge on any atom is -0.380 e. The van der Waals surface area contributed by atoms with Crippen molar-refractivity contribution >= 4 is 16.5 Å². The van der Waals surface area contributed by atoms with Gasteiger partial charge in [0.2, 0.25) is 0 Å². The van der Waals surface area contributed by atoms with Gasteiger partial charge in [0.1, 0.15) is 0 Å². The van der Waals surface area contributed by atoms with Gasteiger partial charge in [-0.05, 0) is 28.0 Å². The number of nitrogens with one attached hydrogen (secondary N) is 1. The Balaban J connectivity index is 1.80. The Bertz CT molecular complexity index is 943. The lowest BCUT2D eigenvalue weighted by Crippen LogP contribution is -2.01. The second-order valence-corrected chi connectivity index (χ2v) is 5.91. The van der Waals surface area contributed by atoms with Gasteiger partial charge in [0.25, 0.3) is 0 Å². The molecule has 0 radical (unpaired) electrons. The molecule has 0 heterocycles. The van der Waals surface area contributed by atoms with E-state index < -0.39 is 0 Å². The van der Waals surface area contributed by atoms with Crippen LogP contribution < -0.4 is 5.32 Å². The highest BCUT2D eigenvalue weighted by atomic mass is 14.9. The Morgan fingerprint density at radius 1 is 0.583 bits per heavy atom. The first-order valence-electron chi connectivity index (χ1n) is 8.27. The topological polar surface area (TPSA) is 12.0 Å². The van der Waals surface area contributed by atoms with Crippen molar-refractivity contribution in [3.05, 3.63) is 103 Å². The molecule has 0 atom stereocenters. The smallest absolute Gasteiger partial charge is 0.0429 e. The number of anilines is 1. The summed E-state index contributed by atoms with van der Waals surface area (Å²) in [6.07, 6.45) is 0. The molecule has 1 N–H and O–H groups in total. The van der Waals surface area contributed by atoms with Gasteiger partial charge in [-0.3, -0.25) is 0 Å². The van der Waals surface area contributed by atoms with Gasteiger partial charge in [-0.25, -0.2) is 0 Å². The Labute approximate surface area is 142 Å². The SMILES string of the molecule is c1ccc(CNc2ccc3ccccc3c2-c2ccccc2)cc1. The van der Waals surface area contributed by atoms with Gasteiger partial charge >= 0.3 is 0 Å². The van der Waals surface area contributed by atoms with Gasteiger partial charge in [-0.15, -0.1) is 0 Å². The lowest BCUT2D eigenvalue weighted by atomic mass is 9.96. The molecule has 0 saturated heterocycles. The van der Waals surface area contributed by atoms with Crippen molar-refractivity contribution in [2.45, 2.75) is 6.54 Å². The van der Waals surface area contributed by atoms with Crippen LogP contribution >= 0.6 is 0 Å². The van der Waals surface area contributed by atoms with Crippen LogP contribution in [0.1, 0.15) is 5.56 Å². The summed E-state index contributed by atoms with van der Waals surface area (Å²) in [7, 11) is 0. The van der Waals surface area contributed by atoms with Gasteiger partial charge in [0.05, 0.1) is 0 Å². The predicted molar refractivity (Wildman–Crippen MR) is 103 cm³/mol. The third-order valence-corrected chi connectivity index (χ3v) is 4.32. The molecule has 0 spiro atoms. The molecule has 4 aromatic rings. The zero-order chi connectivity index (χ0) is 16.2. The van der Waals surface area contributed by atoms with Crippen molar-refractivity contribution in [3.8, 4) is 11.1 Å². The van der Waals surface area contributed by atoms with E-state index in [9.17, 15) is 0 Å². The van der Waals surface area contributed by atoms with E-state index in [1.165, 1.54) is 33.2 Å². The second kappa shape index (κ2) is 6.59. The van der Waals surface area contributed by atoms with Crippen molar-refractivity contribution in [2.24, 2.45) is 0 Å². The first-order chi connectivity index (χ1) is 11.9. The number of hydrogen-bond donors (Lipinski definition) is 1. The van der Waals surface area contributed by atoms with Gasteiger partial charge < -0.3 is 5.32 Å². The van der Waals surface area contributed by atoms with Gasteiger partial charge in [-0.1, -0.05) is 91.0 Å². The summed E-state index contributed by atoms with van der Waals surface area (Å²) >= 11 is 0. The standard InChI is InChI=1S/C23H19N/c1-3-9-18(10-4-1)17-24-22-16-15-19-11-7-8-14-21(19)23(22)20-12-5-2-6-13-20/h1-16,24H,17H2. The van der Waals surface area contributed by atoms with E-state index in [-0.39, 0.29) is 0 Å². The highest BCUT2D eigenvalue weighted by Crippen LogP contribution is 2.35. The molecule has 24 heavy (non-hydrogen) atoms. The van der Waals surface area contributed by atoms with Gasteiger partial charge in [0.15, 0.2) is 0 Å². The summed E-state index contributed by atoms with van der Waals surface area (Å²) in [5, 5.41) is 6.16. The van der Waals surface area contributed by atoms with E-state index in [4.69, 9.17) is 0 Å². The molecule has 0 saturated carbocycles. The molecule has 1 heteroatoms. The molecule has 0 bridgehead atoms. The van der Waals surface area contributed by atoms with Crippen LogP contribution in [-0.4, -0.2) is 0 Å². The number of rotatable bonds is 4. The summed E-state index contributed by atoms with van der Waals surface area (Å²) in [4.78, 5) is 0. The van der Waals surface area contributed by atoms with Crippen LogP contribution in [0.15, 0.2) is 97.1 Å². The largest absolute Gasteiger partial charge is 0.380 e. The third-order valence-electron chi connectivity index (χ3n) is 4.32. The first-order valence-corrected chi connectivity index (χ1v) is 8.27. The zero-order valence-electron chi connectivity index (χ0n) is 13.4. The molecule has 0 aliphatic rings. The maximum atomic E-state index is 3.62. The molecule has 0 fully saturated rings. The Kier molecular flexibility index (Phi) is 3.99. The van der Waals surface area contributed by atoms with E-state index >= 15 is 0 Å². The van der Waals surface area contributed by atoms with E-state index in [0.29, 0.717) is 0 Å². The molecule has 0 unspecified atom stereocenters. The van der Waals surface area contributed by atoms with Crippen LogP contribution in [0.5, 0.6) is 0 Å². The molecule has 0 aromatic heterocycles. The van der Waals surface area contributed by atoms with Crippen LogP contribution in [0, 0.1) is 0 Å². The molecule has 0 amide bonds. The zero-order valence-corrected chi connectivity index (χ0v) is 13.4. The van der Waals surface area contributed by atoms with Crippen LogP contribution in [0.4, 0.5) is 5.69 Å². The predicted octanol–water partition coefficient (Wildman–Crippen LogP) is 6.12. The highest BCUT2D eigenvalue weighted by Gasteiger charge is 2.09. The number of benzene rings is 4. The summed E-state index contributed by atoms with van der Waals surface area (Å²) in [6, 6.07) is 34.1. The molecule has 116 valence electrons. The van der Waals surface area contributed by atoms with Crippen LogP contribution in [0.2, 0.25) is 0 Å². The normalized spacial score (nSPS) is 10.7. The number of fused-ring (bicyclic) bond motifs is 1. The van der Waals surface area contributed by atoms with Crippen molar-refractivity contribution in [1.29, 1.82) is 0 Å². The highest BCUT2D eigenvalue weighted by molar-refractivity contribution is 6.02. The van der Waals surface area contributed by atoms with Crippen molar-refractivity contribution in [2.75, 3.05) is 5.32 Å². The van der Waals surface area contributed by atoms with Crippen molar-refractivity contribution < 1.29 is 0 Å². The minimum absolute atomic E-state index is 0.818. The lowest BCUT2D eigenvalue weighted by molar-refractivity contribution is 1.15. The Morgan fingerprint density at radius 2 is 1.25 bits per heavy atom. The summed E-state index contributed by atoms with van der Waals surface area (Å²) in [5.74, 6) is 0. The van der Waals surface area contributed by atoms with Crippen LogP contribution in [-0.2, 0) is 6.54 Å². The summed E-state index contributed by atoms with van der Waals surface area (Å²) in [5.41, 5.74) is 4.96. The molecule has 4 rings (SSSR count). The maximum absolute atomic E-state index is 3.62. The summed E-state index contributed by atoms with van der Waals surface area (Å²) < 4.78 is 0. The average molecular weight is 309 g/mol. The fourth-order valence-electron chi connectivity index (χ4n) is 3.13. The van der Waals surface area contributed by atoms with Gasteiger partial charge in [0, 0.05) is 17.8 Å². The number of hydrogen-bond acceptors (Lipinski definition) is 1. The monoisotopic (exact) mass is 309 g/mol. The Morgan fingerprint density at radius 3 is 2.04 bits per heavy atom. The average Bonchev–Trinajstić information content (AvgIpc) is 2.67. The van der Waals surface area contributed by atoms with Crippen LogP contribution in [0.3, 0.4) is 0 Å². The minimum atomic E-state index is 0.818. The maximum Gasteiger partial charge on any atom is 0.0429 e. The van der Waals surface area contributed by atoms with E-state index in [0.717, 1.165) is 6.54 Å². The molecular formula is C23H19N. The molecular weight excluding hydrogens is 290 g/mol. The molecule has 1 nitrogen and oxygen atoms in total. The molecule has 0 aliphatic carbocycles.